The third-order valence-corrected chi connectivity index (χ3v) is 6.12. The minimum Gasteiger partial charge on any atom is -0.382 e. The van der Waals surface area contributed by atoms with Gasteiger partial charge in [0.15, 0.2) is 0 Å². The van der Waals surface area contributed by atoms with Crippen LogP contribution in [0.15, 0.2) is 47.5 Å². The van der Waals surface area contributed by atoms with Gasteiger partial charge in [0, 0.05) is 6.54 Å². The molecule has 0 aliphatic carbocycles. The highest BCUT2D eigenvalue weighted by Gasteiger charge is 2.23. The zero-order chi connectivity index (χ0) is 26.7. The van der Waals surface area contributed by atoms with E-state index in [1.807, 2.05) is 6.07 Å². The molecule has 13 heteroatoms. The number of amides is 2. The van der Waals surface area contributed by atoms with Crippen LogP contribution in [0.5, 0.6) is 0 Å². The molecule has 0 spiro atoms. The van der Waals surface area contributed by atoms with E-state index in [0.29, 0.717) is 12.1 Å². The number of carbonyl (C=O) groups is 1. The van der Waals surface area contributed by atoms with Gasteiger partial charge in [-0.05, 0) is 38.1 Å². The molecule has 11 nitrogen and oxygen atoms in total. The Kier molecular flexibility index (Phi) is 7.42. The van der Waals surface area contributed by atoms with E-state index >= 15 is 0 Å². The summed E-state index contributed by atoms with van der Waals surface area (Å²) >= 11 is 13.1. The third kappa shape index (κ3) is 4.97. The number of nitrogen functional groups attached to an aromatic ring is 1. The fourth-order valence-electron chi connectivity index (χ4n) is 3.73. The van der Waals surface area contributed by atoms with Crippen molar-refractivity contribution in [2.45, 2.75) is 19.9 Å². The Bertz CT molecular complexity index is 1610. The maximum absolute atomic E-state index is 13.8. The van der Waals surface area contributed by atoms with Crippen LogP contribution in [0.2, 0.25) is 10.0 Å². The molecule has 0 aliphatic heterocycles. The van der Waals surface area contributed by atoms with E-state index in [1.165, 1.54) is 10.9 Å². The Labute approximate surface area is 221 Å². The van der Waals surface area contributed by atoms with Crippen LogP contribution in [0.25, 0.3) is 16.6 Å². The molecule has 0 bridgehead atoms. The normalized spacial score (nSPS) is 11.5. The van der Waals surface area contributed by atoms with Crippen molar-refractivity contribution in [2.75, 3.05) is 22.9 Å². The second-order valence-corrected chi connectivity index (χ2v) is 8.61. The number of hydrogen-bond donors (Lipinski definition) is 4. The number of carbonyl (C=O) groups excluding carboxylic acids is 1. The van der Waals surface area contributed by atoms with E-state index in [0.717, 1.165) is 0 Å². The second-order valence-electron chi connectivity index (χ2n) is 7.83. The first kappa shape index (κ1) is 25.7. The first-order chi connectivity index (χ1) is 17.8. The Morgan fingerprint density at radius 2 is 1.97 bits per heavy atom. The lowest BCUT2D eigenvalue weighted by Gasteiger charge is -2.22. The van der Waals surface area contributed by atoms with Gasteiger partial charge in [0.1, 0.15) is 35.4 Å². The van der Waals surface area contributed by atoms with E-state index < -0.39 is 17.6 Å². The molecule has 37 heavy (non-hydrogen) atoms. The van der Waals surface area contributed by atoms with Gasteiger partial charge < -0.3 is 21.7 Å². The molecule has 2 aromatic heterocycles. The number of nitrogens with zero attached hydrogens (tertiary/aromatic N) is 5. The summed E-state index contributed by atoms with van der Waals surface area (Å²) < 4.78 is 1.31. The SMILES string of the molecule is CCNC(=O)Nc1cccc(-n2c(C(C)Nc3ncnc(N)c3C#N)nc3cccc(Cl)c3c2=O)c1Cl. The lowest BCUT2D eigenvalue weighted by Crippen LogP contribution is -2.29. The van der Waals surface area contributed by atoms with Crippen molar-refractivity contribution in [2.24, 2.45) is 0 Å². The van der Waals surface area contributed by atoms with Crippen LogP contribution in [0.4, 0.5) is 22.1 Å². The summed E-state index contributed by atoms with van der Waals surface area (Å²) in [7, 11) is 0. The molecule has 0 radical (unpaired) electrons. The Hall–Kier alpha value is -4.40. The van der Waals surface area contributed by atoms with E-state index in [9.17, 15) is 14.9 Å². The fraction of sp³-hybridized carbons (Fsp3) is 0.167. The molecule has 2 amide bonds. The lowest BCUT2D eigenvalue weighted by molar-refractivity contribution is 0.252. The first-order valence-electron chi connectivity index (χ1n) is 11.1. The molecule has 188 valence electrons. The van der Waals surface area contributed by atoms with E-state index in [-0.39, 0.29) is 49.8 Å². The van der Waals surface area contributed by atoms with E-state index in [1.54, 1.807) is 50.2 Å². The van der Waals surface area contributed by atoms with Gasteiger partial charge in [-0.2, -0.15) is 5.26 Å². The second kappa shape index (κ2) is 10.7. The molecular formula is C24H21Cl2N9O2. The zero-order valence-electron chi connectivity index (χ0n) is 19.7. The molecule has 0 fully saturated rings. The zero-order valence-corrected chi connectivity index (χ0v) is 21.2. The van der Waals surface area contributed by atoms with Gasteiger partial charge in [-0.1, -0.05) is 35.3 Å². The number of rotatable bonds is 6. The standard InChI is InChI=1S/C24H21Cl2N9O2/c1-3-29-24(37)34-16-8-5-9-17(19(16)26)35-22(33-15-7-4-6-14(25)18(15)23(35)36)12(2)32-21-13(10-27)20(28)30-11-31-21/h4-9,11-12H,3H2,1-2H3,(H2,29,34,37)(H3,28,30,31,32). The number of nitrogens with one attached hydrogen (secondary N) is 3. The largest absolute Gasteiger partial charge is 0.382 e. The topological polar surface area (TPSA) is 164 Å². The average Bonchev–Trinajstić information content (AvgIpc) is 2.86. The molecular weight excluding hydrogens is 517 g/mol. The maximum Gasteiger partial charge on any atom is 0.319 e. The minimum absolute atomic E-state index is 0.00928. The molecule has 2 heterocycles. The lowest BCUT2D eigenvalue weighted by atomic mass is 10.2. The van der Waals surface area contributed by atoms with Gasteiger partial charge in [-0.15, -0.1) is 0 Å². The van der Waals surface area contributed by atoms with Gasteiger partial charge in [0.05, 0.1) is 38.4 Å². The number of hydrogen-bond acceptors (Lipinski definition) is 8. The van der Waals surface area contributed by atoms with E-state index in [4.69, 9.17) is 33.9 Å². The summed E-state index contributed by atoms with van der Waals surface area (Å²) in [5.74, 6) is 0.431. The maximum atomic E-state index is 13.8. The van der Waals surface area contributed by atoms with Crippen molar-refractivity contribution in [3.63, 3.8) is 0 Å². The number of anilines is 3. The molecule has 0 saturated carbocycles. The van der Waals surface area contributed by atoms with E-state index in [2.05, 4.69) is 25.9 Å². The van der Waals surface area contributed by atoms with Gasteiger partial charge in [0.25, 0.3) is 5.56 Å². The molecule has 0 aliphatic rings. The molecule has 4 rings (SSSR count). The van der Waals surface area contributed by atoms with Crippen LogP contribution in [0, 0.1) is 11.3 Å². The quantitative estimate of drug-likeness (QED) is 0.283. The summed E-state index contributed by atoms with van der Waals surface area (Å²) in [6, 6.07) is 10.7. The Morgan fingerprint density at radius 3 is 2.70 bits per heavy atom. The van der Waals surface area contributed by atoms with Gasteiger partial charge in [-0.3, -0.25) is 9.36 Å². The molecule has 0 saturated heterocycles. The van der Waals surface area contributed by atoms with Crippen LogP contribution in [-0.2, 0) is 0 Å². The number of aromatic nitrogens is 4. The number of benzene rings is 2. The van der Waals surface area contributed by atoms with Gasteiger partial charge in [-0.25, -0.2) is 19.7 Å². The van der Waals surface area contributed by atoms with Crippen molar-refractivity contribution in [1.29, 1.82) is 5.26 Å². The predicted octanol–water partition coefficient (Wildman–Crippen LogP) is 4.25. The number of nitrogens with two attached hydrogens (primary N) is 1. The number of nitriles is 1. The van der Waals surface area contributed by atoms with Crippen LogP contribution in [0.3, 0.4) is 0 Å². The first-order valence-corrected chi connectivity index (χ1v) is 11.8. The summed E-state index contributed by atoms with van der Waals surface area (Å²) in [4.78, 5) is 38.6. The van der Waals surface area contributed by atoms with Gasteiger partial charge >= 0.3 is 6.03 Å². The van der Waals surface area contributed by atoms with Crippen molar-refractivity contribution >= 4 is 57.5 Å². The van der Waals surface area contributed by atoms with Gasteiger partial charge in [0.2, 0.25) is 0 Å². The number of fused-ring (bicyclic) bond motifs is 1. The predicted molar refractivity (Wildman–Crippen MR) is 143 cm³/mol. The van der Waals surface area contributed by atoms with Crippen molar-refractivity contribution < 1.29 is 4.79 Å². The summed E-state index contributed by atoms with van der Waals surface area (Å²) in [5, 5.41) is 18.4. The minimum atomic E-state index is -0.673. The summed E-state index contributed by atoms with van der Waals surface area (Å²) in [6.07, 6.45) is 1.22. The van der Waals surface area contributed by atoms with Crippen molar-refractivity contribution in [3.8, 4) is 11.8 Å². The summed E-state index contributed by atoms with van der Waals surface area (Å²) in [5.41, 5.74) is 6.33. The van der Waals surface area contributed by atoms with Crippen LogP contribution in [-0.4, -0.2) is 32.1 Å². The highest BCUT2D eigenvalue weighted by molar-refractivity contribution is 6.36. The Balaban J connectivity index is 1.93. The number of urea groups is 1. The highest BCUT2D eigenvalue weighted by atomic mass is 35.5. The van der Waals surface area contributed by atoms with Crippen LogP contribution in [0.1, 0.15) is 31.3 Å². The van der Waals surface area contributed by atoms with Crippen molar-refractivity contribution in [1.82, 2.24) is 24.8 Å². The third-order valence-electron chi connectivity index (χ3n) is 5.41. The molecule has 1 atom stereocenters. The molecule has 4 aromatic rings. The summed E-state index contributed by atoms with van der Waals surface area (Å²) in [6.45, 7) is 3.94. The Morgan fingerprint density at radius 1 is 1.22 bits per heavy atom. The number of halogens is 2. The van der Waals surface area contributed by atoms with Crippen molar-refractivity contribution in [3.05, 3.63) is 74.5 Å². The fourth-order valence-corrected chi connectivity index (χ4v) is 4.24. The molecule has 5 N–H and O–H groups in total. The van der Waals surface area contributed by atoms with Crippen LogP contribution >= 0.6 is 23.2 Å². The molecule has 2 aromatic carbocycles. The molecule has 1 unspecified atom stereocenters. The monoisotopic (exact) mass is 537 g/mol. The highest BCUT2D eigenvalue weighted by Crippen LogP contribution is 2.32. The average molecular weight is 538 g/mol. The smallest absolute Gasteiger partial charge is 0.319 e. The van der Waals surface area contributed by atoms with Crippen LogP contribution < -0.4 is 27.2 Å².